The van der Waals surface area contributed by atoms with Gasteiger partial charge >= 0.3 is 6.09 Å². The molecule has 0 radical (unpaired) electrons. The standard InChI is InChI=1S/C28H28FN3O3/c1-28(17-22-18-31-25-14-8-6-12-23(22)25,26(33)30-16-15-20-9-3-2-4-10-20)32(27(34)35)19-21-11-5-7-13-24(21)29/h2-14,18,31H,15-17,19H2,1H3,(H,30,33)(H,34,35)/t28-/m0/s1. The number of hydrogen-bond acceptors (Lipinski definition) is 2. The number of para-hydroxylation sites is 1. The molecule has 0 saturated carbocycles. The summed E-state index contributed by atoms with van der Waals surface area (Å²) in [7, 11) is 0. The number of amides is 2. The molecule has 4 aromatic rings. The van der Waals surface area contributed by atoms with Crippen molar-refractivity contribution in [2.75, 3.05) is 6.54 Å². The molecule has 0 bridgehead atoms. The lowest BCUT2D eigenvalue weighted by atomic mass is 9.89. The van der Waals surface area contributed by atoms with Crippen LogP contribution in [0.15, 0.2) is 85.1 Å². The predicted molar refractivity (Wildman–Crippen MR) is 134 cm³/mol. The zero-order valence-electron chi connectivity index (χ0n) is 19.5. The van der Waals surface area contributed by atoms with Crippen molar-refractivity contribution in [1.29, 1.82) is 0 Å². The molecule has 0 aliphatic carbocycles. The highest BCUT2D eigenvalue weighted by molar-refractivity contribution is 5.91. The molecule has 0 aliphatic rings. The lowest BCUT2D eigenvalue weighted by molar-refractivity contribution is -0.132. The van der Waals surface area contributed by atoms with E-state index in [1.54, 1.807) is 25.3 Å². The minimum Gasteiger partial charge on any atom is -0.465 e. The molecule has 2 amide bonds. The fraction of sp³-hybridized carbons (Fsp3) is 0.214. The second-order valence-electron chi connectivity index (χ2n) is 8.76. The number of aromatic amines is 1. The fourth-order valence-electron chi connectivity index (χ4n) is 4.35. The van der Waals surface area contributed by atoms with Gasteiger partial charge in [-0.3, -0.25) is 9.69 Å². The maximum absolute atomic E-state index is 14.5. The highest BCUT2D eigenvalue weighted by Crippen LogP contribution is 2.29. The van der Waals surface area contributed by atoms with E-state index in [4.69, 9.17) is 0 Å². The molecule has 4 rings (SSSR count). The molecule has 3 aromatic carbocycles. The van der Waals surface area contributed by atoms with Crippen LogP contribution in [0.1, 0.15) is 23.6 Å². The monoisotopic (exact) mass is 473 g/mol. The number of fused-ring (bicyclic) bond motifs is 1. The van der Waals surface area contributed by atoms with Gasteiger partial charge in [-0.1, -0.05) is 66.7 Å². The highest BCUT2D eigenvalue weighted by atomic mass is 19.1. The number of nitrogens with zero attached hydrogens (tertiary/aromatic N) is 1. The molecule has 0 aliphatic heterocycles. The first kappa shape index (κ1) is 24.0. The van der Waals surface area contributed by atoms with Crippen molar-refractivity contribution in [3.63, 3.8) is 0 Å². The summed E-state index contributed by atoms with van der Waals surface area (Å²) < 4.78 is 14.5. The zero-order chi connectivity index (χ0) is 24.8. The van der Waals surface area contributed by atoms with E-state index in [0.717, 1.165) is 26.9 Å². The van der Waals surface area contributed by atoms with Crippen LogP contribution in [0.3, 0.4) is 0 Å². The third-order valence-corrected chi connectivity index (χ3v) is 6.35. The molecule has 1 heterocycles. The Morgan fingerprint density at radius 2 is 1.66 bits per heavy atom. The van der Waals surface area contributed by atoms with Crippen molar-refractivity contribution >= 4 is 22.9 Å². The molecule has 0 unspecified atom stereocenters. The number of nitrogens with one attached hydrogen (secondary N) is 2. The first-order valence-corrected chi connectivity index (χ1v) is 11.5. The number of benzene rings is 3. The van der Waals surface area contributed by atoms with Gasteiger partial charge in [0.2, 0.25) is 5.91 Å². The number of aromatic nitrogens is 1. The van der Waals surface area contributed by atoms with Gasteiger partial charge in [-0.25, -0.2) is 9.18 Å². The summed E-state index contributed by atoms with van der Waals surface area (Å²) in [4.78, 5) is 30.3. The zero-order valence-corrected chi connectivity index (χ0v) is 19.5. The number of carboxylic acid groups (broad SMARTS) is 1. The Hall–Kier alpha value is -4.13. The second kappa shape index (κ2) is 10.4. The maximum Gasteiger partial charge on any atom is 0.408 e. The maximum atomic E-state index is 14.5. The lowest BCUT2D eigenvalue weighted by Gasteiger charge is -2.38. The van der Waals surface area contributed by atoms with Crippen LogP contribution in [-0.4, -0.2) is 39.1 Å². The van der Waals surface area contributed by atoms with E-state index in [2.05, 4.69) is 10.3 Å². The topological polar surface area (TPSA) is 85.4 Å². The van der Waals surface area contributed by atoms with Gasteiger partial charge < -0.3 is 15.4 Å². The van der Waals surface area contributed by atoms with Gasteiger partial charge in [0.05, 0.1) is 6.54 Å². The van der Waals surface area contributed by atoms with Gasteiger partial charge in [0.1, 0.15) is 11.4 Å². The second-order valence-corrected chi connectivity index (χ2v) is 8.76. The van der Waals surface area contributed by atoms with Gasteiger partial charge in [0.25, 0.3) is 0 Å². The van der Waals surface area contributed by atoms with Crippen molar-refractivity contribution < 1.29 is 19.1 Å². The van der Waals surface area contributed by atoms with E-state index >= 15 is 0 Å². The van der Waals surface area contributed by atoms with Gasteiger partial charge in [-0.05, 0) is 36.6 Å². The molecule has 0 saturated heterocycles. The Labute approximate surface area is 203 Å². The van der Waals surface area contributed by atoms with Gasteiger partial charge in [0, 0.05) is 35.6 Å². The minimum absolute atomic E-state index is 0.120. The van der Waals surface area contributed by atoms with Gasteiger partial charge in [-0.15, -0.1) is 0 Å². The molecule has 35 heavy (non-hydrogen) atoms. The highest BCUT2D eigenvalue weighted by Gasteiger charge is 2.43. The van der Waals surface area contributed by atoms with E-state index in [-0.39, 0.29) is 18.5 Å². The first-order chi connectivity index (χ1) is 16.9. The van der Waals surface area contributed by atoms with Crippen molar-refractivity contribution in [2.45, 2.75) is 31.8 Å². The number of rotatable bonds is 9. The molecule has 0 spiro atoms. The molecule has 1 atom stereocenters. The van der Waals surface area contributed by atoms with Crippen molar-refractivity contribution in [1.82, 2.24) is 15.2 Å². The van der Waals surface area contributed by atoms with Crippen LogP contribution in [-0.2, 0) is 24.2 Å². The summed E-state index contributed by atoms with van der Waals surface area (Å²) in [5.74, 6) is -0.949. The van der Waals surface area contributed by atoms with Crippen molar-refractivity contribution in [2.24, 2.45) is 0 Å². The van der Waals surface area contributed by atoms with E-state index < -0.39 is 23.4 Å². The van der Waals surface area contributed by atoms with Gasteiger partial charge in [0.15, 0.2) is 0 Å². The number of carbonyl (C=O) groups is 2. The predicted octanol–water partition coefficient (Wildman–Crippen LogP) is 5.15. The normalized spacial score (nSPS) is 12.7. The average molecular weight is 474 g/mol. The van der Waals surface area contributed by atoms with Crippen LogP contribution in [0.2, 0.25) is 0 Å². The Morgan fingerprint density at radius 1 is 0.971 bits per heavy atom. The minimum atomic E-state index is -1.49. The molecular weight excluding hydrogens is 445 g/mol. The summed E-state index contributed by atoms with van der Waals surface area (Å²) in [6.45, 7) is 1.69. The molecule has 0 fully saturated rings. The Morgan fingerprint density at radius 3 is 2.40 bits per heavy atom. The first-order valence-electron chi connectivity index (χ1n) is 11.5. The van der Waals surface area contributed by atoms with Crippen molar-refractivity contribution in [3.8, 4) is 0 Å². The van der Waals surface area contributed by atoms with E-state index in [1.165, 1.54) is 12.1 Å². The Balaban J connectivity index is 1.65. The van der Waals surface area contributed by atoms with Crippen LogP contribution >= 0.6 is 0 Å². The number of H-pyrrole nitrogens is 1. The van der Waals surface area contributed by atoms with Crippen LogP contribution in [0.4, 0.5) is 9.18 Å². The molecule has 180 valence electrons. The summed E-state index contributed by atoms with van der Waals surface area (Å²) in [5, 5.41) is 14.0. The Bertz CT molecular complexity index is 1320. The molecule has 7 heteroatoms. The summed E-state index contributed by atoms with van der Waals surface area (Å²) >= 11 is 0. The van der Waals surface area contributed by atoms with Crippen LogP contribution in [0.25, 0.3) is 10.9 Å². The average Bonchev–Trinajstić information content (AvgIpc) is 3.26. The quantitative estimate of drug-likeness (QED) is 0.314. The largest absolute Gasteiger partial charge is 0.465 e. The SMILES string of the molecule is C[C@](Cc1c[nH]c2ccccc12)(C(=O)NCCc1ccccc1)N(Cc1ccccc1F)C(=O)O. The Kier molecular flexibility index (Phi) is 7.15. The number of carbonyl (C=O) groups excluding carboxylic acids is 1. The fourth-order valence-corrected chi connectivity index (χ4v) is 4.35. The molecule has 3 N–H and O–H groups in total. The van der Waals surface area contributed by atoms with E-state index in [9.17, 15) is 19.1 Å². The van der Waals surface area contributed by atoms with Gasteiger partial charge in [-0.2, -0.15) is 0 Å². The van der Waals surface area contributed by atoms with Crippen LogP contribution < -0.4 is 5.32 Å². The van der Waals surface area contributed by atoms with E-state index in [0.29, 0.717) is 13.0 Å². The van der Waals surface area contributed by atoms with Crippen LogP contribution in [0, 0.1) is 5.82 Å². The summed E-state index contributed by atoms with van der Waals surface area (Å²) in [6.07, 6.45) is 1.22. The summed E-state index contributed by atoms with van der Waals surface area (Å²) in [5.41, 5.74) is 1.48. The smallest absolute Gasteiger partial charge is 0.408 e. The van der Waals surface area contributed by atoms with Crippen molar-refractivity contribution in [3.05, 3.63) is 108 Å². The number of halogens is 1. The molecule has 6 nitrogen and oxygen atoms in total. The van der Waals surface area contributed by atoms with Crippen LogP contribution in [0.5, 0.6) is 0 Å². The number of hydrogen-bond donors (Lipinski definition) is 3. The third-order valence-electron chi connectivity index (χ3n) is 6.35. The summed E-state index contributed by atoms with van der Waals surface area (Å²) in [6, 6.07) is 23.4. The lowest BCUT2D eigenvalue weighted by Crippen LogP contribution is -2.59. The molecule has 1 aromatic heterocycles. The third kappa shape index (κ3) is 5.35. The van der Waals surface area contributed by atoms with E-state index in [1.807, 2.05) is 54.6 Å². The molecular formula is C28H28FN3O3.